The fourth-order valence-electron chi connectivity index (χ4n) is 1.62. The molecule has 5 nitrogen and oxygen atoms in total. The number of carboxylic acids is 1. The van der Waals surface area contributed by atoms with Crippen molar-refractivity contribution in [1.29, 1.82) is 0 Å². The number of hydrogen-bond donors (Lipinski definition) is 2. The number of carboxylic acid groups (broad SMARTS) is 1. The van der Waals surface area contributed by atoms with E-state index < -0.39 is 17.9 Å². The van der Waals surface area contributed by atoms with Crippen molar-refractivity contribution in [3.63, 3.8) is 0 Å². The third kappa shape index (κ3) is 5.28. The highest BCUT2D eigenvalue weighted by molar-refractivity contribution is 7.98. The summed E-state index contributed by atoms with van der Waals surface area (Å²) in [6, 6.07) is 2.33. The summed E-state index contributed by atoms with van der Waals surface area (Å²) in [5.41, 5.74) is 0.0229. The molecule has 0 spiro atoms. The number of amides is 1. The minimum atomic E-state index is -1.03. The van der Waals surface area contributed by atoms with Crippen LogP contribution in [0.2, 0.25) is 0 Å². The molecule has 0 fully saturated rings. The zero-order valence-electron chi connectivity index (χ0n) is 12.2. The molecule has 1 rings (SSSR count). The SMILES string of the molecule is CSc1ccc(C(=O)NC(CCC(C)(C)C)C(=O)O)o1. The summed E-state index contributed by atoms with van der Waals surface area (Å²) in [5.74, 6) is -1.39. The van der Waals surface area contributed by atoms with Gasteiger partial charge in [0.2, 0.25) is 0 Å². The molecular weight excluding hydrogens is 278 g/mol. The van der Waals surface area contributed by atoms with E-state index in [0.29, 0.717) is 17.9 Å². The first-order valence-corrected chi connectivity index (χ1v) is 7.63. The third-order valence-corrected chi connectivity index (χ3v) is 3.41. The van der Waals surface area contributed by atoms with Crippen molar-refractivity contribution in [2.24, 2.45) is 5.41 Å². The van der Waals surface area contributed by atoms with E-state index in [2.05, 4.69) is 5.32 Å². The number of carbonyl (C=O) groups excluding carboxylic acids is 1. The second kappa shape index (κ2) is 6.83. The first kappa shape index (κ1) is 16.6. The highest BCUT2D eigenvalue weighted by Gasteiger charge is 2.24. The average molecular weight is 299 g/mol. The van der Waals surface area contributed by atoms with Gasteiger partial charge >= 0.3 is 5.97 Å². The van der Waals surface area contributed by atoms with Gasteiger partial charge in [0.05, 0.1) is 0 Å². The lowest BCUT2D eigenvalue weighted by molar-refractivity contribution is -0.139. The predicted octanol–water partition coefficient (Wildman–Crippen LogP) is 3.01. The molecule has 1 amide bonds. The van der Waals surface area contributed by atoms with Gasteiger partial charge in [-0.1, -0.05) is 32.5 Å². The van der Waals surface area contributed by atoms with Crippen molar-refractivity contribution in [1.82, 2.24) is 5.32 Å². The summed E-state index contributed by atoms with van der Waals surface area (Å²) in [6.07, 6.45) is 2.93. The number of aliphatic carboxylic acids is 1. The van der Waals surface area contributed by atoms with E-state index in [-0.39, 0.29) is 11.2 Å². The van der Waals surface area contributed by atoms with E-state index in [9.17, 15) is 9.59 Å². The fourth-order valence-corrected chi connectivity index (χ4v) is 1.99. The second-order valence-electron chi connectivity index (χ2n) is 5.79. The van der Waals surface area contributed by atoms with Crippen LogP contribution in [-0.4, -0.2) is 29.3 Å². The molecular formula is C14H21NO4S. The quantitative estimate of drug-likeness (QED) is 0.789. The first-order chi connectivity index (χ1) is 9.23. The van der Waals surface area contributed by atoms with Crippen LogP contribution in [0.5, 0.6) is 0 Å². The Balaban J connectivity index is 2.65. The smallest absolute Gasteiger partial charge is 0.326 e. The molecule has 0 saturated heterocycles. The summed E-state index contributed by atoms with van der Waals surface area (Å²) >= 11 is 1.38. The lowest BCUT2D eigenvalue weighted by Gasteiger charge is -2.21. The van der Waals surface area contributed by atoms with E-state index >= 15 is 0 Å². The fraction of sp³-hybridized carbons (Fsp3) is 0.571. The summed E-state index contributed by atoms with van der Waals surface area (Å²) in [6.45, 7) is 6.10. The highest BCUT2D eigenvalue weighted by Crippen LogP contribution is 2.22. The molecule has 20 heavy (non-hydrogen) atoms. The van der Waals surface area contributed by atoms with Gasteiger partial charge in [-0.3, -0.25) is 4.79 Å². The van der Waals surface area contributed by atoms with Gasteiger partial charge in [-0.25, -0.2) is 4.79 Å². The molecule has 1 aromatic heterocycles. The van der Waals surface area contributed by atoms with Gasteiger partial charge in [-0.05, 0) is 36.6 Å². The summed E-state index contributed by atoms with van der Waals surface area (Å²) < 4.78 is 5.28. The van der Waals surface area contributed by atoms with Gasteiger partial charge in [-0.2, -0.15) is 0 Å². The van der Waals surface area contributed by atoms with Crippen molar-refractivity contribution < 1.29 is 19.1 Å². The highest BCUT2D eigenvalue weighted by atomic mass is 32.2. The Morgan fingerprint density at radius 3 is 2.50 bits per heavy atom. The zero-order valence-corrected chi connectivity index (χ0v) is 13.0. The molecule has 1 heterocycles. The zero-order chi connectivity index (χ0) is 15.3. The van der Waals surface area contributed by atoms with Gasteiger partial charge in [0.15, 0.2) is 10.9 Å². The van der Waals surface area contributed by atoms with Crippen molar-refractivity contribution in [2.45, 2.75) is 44.7 Å². The lowest BCUT2D eigenvalue weighted by Crippen LogP contribution is -2.41. The minimum Gasteiger partial charge on any atom is -0.480 e. The van der Waals surface area contributed by atoms with Crippen LogP contribution in [0.15, 0.2) is 21.6 Å². The van der Waals surface area contributed by atoms with Gasteiger partial charge in [0, 0.05) is 0 Å². The number of rotatable bonds is 6. The molecule has 0 aromatic carbocycles. The molecule has 0 radical (unpaired) electrons. The molecule has 0 aliphatic rings. The Morgan fingerprint density at radius 2 is 2.05 bits per heavy atom. The molecule has 1 aromatic rings. The Hall–Kier alpha value is -1.43. The topological polar surface area (TPSA) is 79.5 Å². The van der Waals surface area contributed by atoms with Crippen LogP contribution >= 0.6 is 11.8 Å². The van der Waals surface area contributed by atoms with E-state index in [1.54, 1.807) is 12.1 Å². The van der Waals surface area contributed by atoms with Gasteiger partial charge in [-0.15, -0.1) is 0 Å². The van der Waals surface area contributed by atoms with Gasteiger partial charge < -0.3 is 14.8 Å². The minimum absolute atomic E-state index is 0.0229. The number of thioether (sulfide) groups is 1. The van der Waals surface area contributed by atoms with Crippen molar-refractivity contribution in [2.75, 3.05) is 6.26 Å². The number of carbonyl (C=O) groups is 2. The Bertz CT molecular complexity index is 476. The van der Waals surface area contributed by atoms with Crippen LogP contribution in [0, 0.1) is 5.41 Å². The maximum Gasteiger partial charge on any atom is 0.326 e. The molecule has 1 atom stereocenters. The van der Waals surface area contributed by atoms with Crippen LogP contribution in [0.3, 0.4) is 0 Å². The molecule has 0 aliphatic heterocycles. The van der Waals surface area contributed by atoms with Gasteiger partial charge in [0.1, 0.15) is 6.04 Å². The van der Waals surface area contributed by atoms with E-state index in [4.69, 9.17) is 9.52 Å². The largest absolute Gasteiger partial charge is 0.480 e. The molecule has 6 heteroatoms. The van der Waals surface area contributed by atoms with E-state index in [0.717, 1.165) is 0 Å². The maximum atomic E-state index is 11.9. The van der Waals surface area contributed by atoms with Crippen LogP contribution in [0.4, 0.5) is 0 Å². The predicted molar refractivity (Wildman–Crippen MR) is 78.1 cm³/mol. The monoisotopic (exact) mass is 299 g/mol. The number of hydrogen-bond acceptors (Lipinski definition) is 4. The summed E-state index contributed by atoms with van der Waals surface area (Å²) in [4.78, 5) is 23.1. The molecule has 2 N–H and O–H groups in total. The Labute approximate surface area is 123 Å². The average Bonchev–Trinajstić information content (AvgIpc) is 2.81. The van der Waals surface area contributed by atoms with Crippen molar-refractivity contribution in [3.05, 3.63) is 17.9 Å². The molecule has 0 saturated carbocycles. The summed E-state index contributed by atoms with van der Waals surface area (Å²) in [5, 5.41) is 12.3. The normalized spacial score (nSPS) is 13.0. The molecule has 112 valence electrons. The maximum absolute atomic E-state index is 11.9. The Morgan fingerprint density at radius 1 is 1.40 bits per heavy atom. The van der Waals surface area contributed by atoms with Crippen molar-refractivity contribution >= 4 is 23.6 Å². The number of furan rings is 1. The van der Waals surface area contributed by atoms with Crippen molar-refractivity contribution in [3.8, 4) is 0 Å². The molecule has 0 bridgehead atoms. The van der Waals surface area contributed by atoms with Crippen LogP contribution in [0.1, 0.15) is 44.2 Å². The van der Waals surface area contributed by atoms with Crippen LogP contribution in [0.25, 0.3) is 0 Å². The van der Waals surface area contributed by atoms with Gasteiger partial charge in [0.25, 0.3) is 5.91 Å². The molecule has 1 unspecified atom stereocenters. The standard InChI is InChI=1S/C14H21NO4S/c1-14(2,3)8-7-9(13(17)18)15-12(16)10-5-6-11(19-10)20-4/h5-6,9H,7-8H2,1-4H3,(H,15,16)(H,17,18). The number of nitrogens with one attached hydrogen (secondary N) is 1. The van der Waals surface area contributed by atoms with E-state index in [1.807, 2.05) is 27.0 Å². The van der Waals surface area contributed by atoms with Crippen LogP contribution in [-0.2, 0) is 4.79 Å². The molecule has 0 aliphatic carbocycles. The first-order valence-electron chi connectivity index (χ1n) is 6.40. The third-order valence-electron chi connectivity index (χ3n) is 2.79. The van der Waals surface area contributed by atoms with Crippen LogP contribution < -0.4 is 5.32 Å². The van der Waals surface area contributed by atoms with E-state index in [1.165, 1.54) is 11.8 Å². The second-order valence-corrected chi connectivity index (χ2v) is 6.60. The lowest BCUT2D eigenvalue weighted by atomic mass is 9.88. The Kier molecular flexibility index (Phi) is 5.68. The summed E-state index contributed by atoms with van der Waals surface area (Å²) in [7, 11) is 0.